The molecule has 148 valence electrons. The summed E-state index contributed by atoms with van der Waals surface area (Å²) in [5.74, 6) is 0.766. The first-order valence-corrected chi connectivity index (χ1v) is 11.1. The maximum Gasteiger partial charge on any atom is 0.274 e. The molecule has 0 unspecified atom stereocenters. The van der Waals surface area contributed by atoms with Crippen molar-refractivity contribution in [1.82, 2.24) is 9.38 Å². The highest BCUT2D eigenvalue weighted by atomic mass is 79.9. The van der Waals surface area contributed by atoms with Gasteiger partial charge in [-0.1, -0.05) is 59.4 Å². The van der Waals surface area contributed by atoms with Crippen LogP contribution in [0.4, 0.5) is 0 Å². The molecule has 0 atom stereocenters. The Bertz CT molecular complexity index is 1490. The third kappa shape index (κ3) is 3.53. The highest BCUT2D eigenvalue weighted by molar-refractivity contribution is 9.10. The van der Waals surface area contributed by atoms with Crippen molar-refractivity contribution in [1.29, 1.82) is 0 Å². The average Bonchev–Trinajstić information content (AvgIpc) is 3.25. The van der Waals surface area contributed by atoms with Crippen molar-refractivity contribution >= 4 is 49.3 Å². The van der Waals surface area contributed by atoms with Crippen LogP contribution in [0.15, 0.2) is 76.0 Å². The maximum absolute atomic E-state index is 12.9. The zero-order valence-corrected chi connectivity index (χ0v) is 18.5. The molecule has 0 bridgehead atoms. The minimum absolute atomic E-state index is 0.0421. The maximum atomic E-state index is 12.9. The van der Waals surface area contributed by atoms with Crippen molar-refractivity contribution in [2.24, 2.45) is 0 Å². The van der Waals surface area contributed by atoms with Gasteiger partial charge in [0.1, 0.15) is 12.4 Å². The van der Waals surface area contributed by atoms with Crippen molar-refractivity contribution in [3.05, 3.63) is 103 Å². The van der Waals surface area contributed by atoms with Crippen LogP contribution in [0.25, 0.3) is 22.1 Å². The number of halogens is 1. The number of benzene rings is 3. The second kappa shape index (κ2) is 7.70. The Hall–Kier alpha value is -2.96. The largest absolute Gasteiger partial charge is 0.488 e. The standard InChI is InChI=1S/C24H17BrN2O2S/c1-15-6-8-16(9-7-15)14-29-21-11-10-17(12-18(21)25)13-22-23(28)27-20-5-3-2-4-19(20)26-24(27)30-22/h2-13H,14H2,1H3/b22-13-. The fourth-order valence-electron chi connectivity index (χ4n) is 3.33. The van der Waals surface area contributed by atoms with E-state index in [1.54, 1.807) is 4.40 Å². The molecule has 0 aliphatic carbocycles. The molecule has 0 spiro atoms. The van der Waals surface area contributed by atoms with Crippen LogP contribution >= 0.6 is 27.3 Å². The van der Waals surface area contributed by atoms with E-state index in [2.05, 4.69) is 52.1 Å². The zero-order chi connectivity index (χ0) is 20.7. The average molecular weight is 477 g/mol. The molecule has 6 heteroatoms. The lowest BCUT2D eigenvalue weighted by Gasteiger charge is -2.09. The summed E-state index contributed by atoms with van der Waals surface area (Å²) in [4.78, 5) is 18.2. The van der Waals surface area contributed by atoms with Gasteiger partial charge in [0, 0.05) is 0 Å². The SMILES string of the molecule is Cc1ccc(COc2ccc(/C=c3\sc4nc5ccccc5n4c3=O)cc2Br)cc1. The fourth-order valence-corrected chi connectivity index (χ4v) is 4.83. The molecule has 0 saturated heterocycles. The van der Waals surface area contributed by atoms with Crippen LogP contribution in [0.1, 0.15) is 16.7 Å². The normalized spacial score (nSPS) is 12.1. The van der Waals surface area contributed by atoms with E-state index in [1.807, 2.05) is 48.5 Å². The monoisotopic (exact) mass is 476 g/mol. The van der Waals surface area contributed by atoms with Crippen LogP contribution in [-0.4, -0.2) is 9.38 Å². The van der Waals surface area contributed by atoms with Gasteiger partial charge in [0.2, 0.25) is 0 Å². The van der Waals surface area contributed by atoms with Gasteiger partial charge in [-0.2, -0.15) is 0 Å². The number of ether oxygens (including phenoxy) is 1. The first kappa shape index (κ1) is 19.0. The van der Waals surface area contributed by atoms with Crippen LogP contribution in [0.3, 0.4) is 0 Å². The molecule has 2 aromatic heterocycles. The lowest BCUT2D eigenvalue weighted by molar-refractivity contribution is 0.304. The minimum atomic E-state index is -0.0421. The molecule has 0 amide bonds. The van der Waals surface area contributed by atoms with Gasteiger partial charge in [-0.15, -0.1) is 0 Å². The molecule has 30 heavy (non-hydrogen) atoms. The summed E-state index contributed by atoms with van der Waals surface area (Å²) in [5, 5.41) is 0. The lowest BCUT2D eigenvalue weighted by Crippen LogP contribution is -2.22. The Morgan fingerprint density at radius 2 is 1.90 bits per heavy atom. The van der Waals surface area contributed by atoms with Crippen molar-refractivity contribution in [2.75, 3.05) is 0 Å². The summed E-state index contributed by atoms with van der Waals surface area (Å²) in [7, 11) is 0. The van der Waals surface area contributed by atoms with E-state index in [0.717, 1.165) is 32.4 Å². The molecule has 4 nitrogen and oxygen atoms in total. The molecule has 5 aromatic rings. The molecular formula is C24H17BrN2O2S. The second-order valence-electron chi connectivity index (χ2n) is 7.10. The Kier molecular flexibility index (Phi) is 4.89. The van der Waals surface area contributed by atoms with Crippen molar-refractivity contribution in [3.8, 4) is 5.75 Å². The number of nitrogens with zero attached hydrogens (tertiary/aromatic N) is 2. The number of para-hydroxylation sites is 2. The van der Waals surface area contributed by atoms with Gasteiger partial charge >= 0.3 is 0 Å². The van der Waals surface area contributed by atoms with E-state index in [9.17, 15) is 4.79 Å². The number of fused-ring (bicyclic) bond motifs is 3. The number of aryl methyl sites for hydroxylation is 1. The summed E-state index contributed by atoms with van der Waals surface area (Å²) >= 11 is 4.99. The van der Waals surface area contributed by atoms with E-state index in [0.29, 0.717) is 16.1 Å². The Labute approximate surface area is 185 Å². The second-order valence-corrected chi connectivity index (χ2v) is 8.96. The molecule has 0 aliphatic rings. The zero-order valence-electron chi connectivity index (χ0n) is 16.1. The number of imidazole rings is 1. The van der Waals surface area contributed by atoms with Crippen molar-refractivity contribution in [2.45, 2.75) is 13.5 Å². The van der Waals surface area contributed by atoms with Gasteiger partial charge in [-0.25, -0.2) is 9.38 Å². The predicted molar refractivity (Wildman–Crippen MR) is 125 cm³/mol. The van der Waals surface area contributed by atoms with E-state index >= 15 is 0 Å². The van der Waals surface area contributed by atoms with E-state index < -0.39 is 0 Å². The third-order valence-electron chi connectivity index (χ3n) is 4.91. The molecule has 0 N–H and O–H groups in total. The highest BCUT2D eigenvalue weighted by Crippen LogP contribution is 2.27. The number of hydrogen-bond donors (Lipinski definition) is 0. The van der Waals surface area contributed by atoms with Gasteiger partial charge in [0.25, 0.3) is 5.56 Å². The van der Waals surface area contributed by atoms with E-state index in [1.165, 1.54) is 16.9 Å². The Morgan fingerprint density at radius 3 is 2.70 bits per heavy atom. The van der Waals surface area contributed by atoms with Crippen LogP contribution in [0, 0.1) is 6.92 Å². The van der Waals surface area contributed by atoms with E-state index in [4.69, 9.17) is 4.74 Å². The predicted octanol–water partition coefficient (Wildman–Crippen LogP) is 5.11. The smallest absolute Gasteiger partial charge is 0.274 e. The third-order valence-corrected chi connectivity index (χ3v) is 6.50. The Balaban J connectivity index is 1.44. The molecule has 5 rings (SSSR count). The van der Waals surface area contributed by atoms with E-state index in [-0.39, 0.29) is 5.56 Å². The molecular weight excluding hydrogens is 460 g/mol. The Morgan fingerprint density at radius 1 is 1.10 bits per heavy atom. The molecule has 2 heterocycles. The van der Waals surface area contributed by atoms with Gasteiger partial charge in [-0.3, -0.25) is 4.79 Å². The van der Waals surface area contributed by atoms with Gasteiger partial charge in [0.05, 0.1) is 20.0 Å². The summed E-state index contributed by atoms with van der Waals surface area (Å²) in [6, 6.07) is 21.8. The fraction of sp³-hybridized carbons (Fsp3) is 0.0833. The van der Waals surface area contributed by atoms with Gasteiger partial charge in [0.15, 0.2) is 4.96 Å². The van der Waals surface area contributed by atoms with Crippen molar-refractivity contribution < 1.29 is 4.74 Å². The van der Waals surface area contributed by atoms with Crippen LogP contribution in [0.5, 0.6) is 5.75 Å². The number of thiazole rings is 1. The highest BCUT2D eigenvalue weighted by Gasteiger charge is 2.11. The van der Waals surface area contributed by atoms with Crippen LogP contribution < -0.4 is 14.8 Å². The summed E-state index contributed by atoms with van der Waals surface area (Å²) in [6.07, 6.45) is 1.89. The van der Waals surface area contributed by atoms with Crippen LogP contribution in [0.2, 0.25) is 0 Å². The minimum Gasteiger partial charge on any atom is -0.488 e. The topological polar surface area (TPSA) is 43.6 Å². The summed E-state index contributed by atoms with van der Waals surface area (Å²) < 4.78 is 9.13. The summed E-state index contributed by atoms with van der Waals surface area (Å²) in [5.41, 5.74) is 4.91. The first-order valence-electron chi connectivity index (χ1n) is 9.48. The van der Waals surface area contributed by atoms with Gasteiger partial charge < -0.3 is 4.74 Å². The summed E-state index contributed by atoms with van der Waals surface area (Å²) in [6.45, 7) is 2.57. The quantitative estimate of drug-likeness (QED) is 0.362. The lowest BCUT2D eigenvalue weighted by atomic mass is 10.2. The first-order chi connectivity index (χ1) is 14.6. The van der Waals surface area contributed by atoms with Crippen molar-refractivity contribution in [3.63, 3.8) is 0 Å². The molecule has 3 aromatic carbocycles. The molecule has 0 saturated carbocycles. The number of hydrogen-bond acceptors (Lipinski definition) is 4. The van der Waals surface area contributed by atoms with Gasteiger partial charge in [-0.05, 0) is 64.3 Å². The number of aromatic nitrogens is 2. The van der Waals surface area contributed by atoms with Crippen LogP contribution in [-0.2, 0) is 6.61 Å². The number of rotatable bonds is 4. The molecule has 0 radical (unpaired) electrons. The molecule has 0 aliphatic heterocycles. The molecule has 0 fully saturated rings.